The van der Waals surface area contributed by atoms with Crippen molar-refractivity contribution in [3.63, 3.8) is 0 Å². The third kappa shape index (κ3) is 4.23. The van der Waals surface area contributed by atoms with E-state index in [0.29, 0.717) is 13.0 Å². The highest BCUT2D eigenvalue weighted by atomic mass is 16.2. The summed E-state index contributed by atoms with van der Waals surface area (Å²) >= 11 is 0. The van der Waals surface area contributed by atoms with Crippen LogP contribution in [0.1, 0.15) is 31.2 Å². The van der Waals surface area contributed by atoms with Crippen molar-refractivity contribution >= 4 is 11.6 Å². The van der Waals surface area contributed by atoms with E-state index in [-0.39, 0.29) is 11.9 Å². The first kappa shape index (κ1) is 14.9. The van der Waals surface area contributed by atoms with Gasteiger partial charge >= 0.3 is 0 Å². The average molecular weight is 275 g/mol. The van der Waals surface area contributed by atoms with Crippen molar-refractivity contribution in [3.05, 3.63) is 29.8 Å². The Balaban J connectivity index is 1.89. The zero-order valence-electron chi connectivity index (χ0n) is 12.3. The van der Waals surface area contributed by atoms with Gasteiger partial charge in [-0.3, -0.25) is 4.79 Å². The topological polar surface area (TPSA) is 58.4 Å². The minimum Gasteiger partial charge on any atom is -0.381 e. The second-order valence-corrected chi connectivity index (χ2v) is 5.59. The van der Waals surface area contributed by atoms with Crippen LogP contribution >= 0.6 is 0 Å². The maximum absolute atomic E-state index is 12.3. The summed E-state index contributed by atoms with van der Waals surface area (Å²) in [4.78, 5) is 14.2. The third-order valence-electron chi connectivity index (χ3n) is 3.80. The molecule has 0 aliphatic carbocycles. The molecule has 110 valence electrons. The largest absolute Gasteiger partial charge is 0.381 e. The lowest BCUT2D eigenvalue weighted by atomic mass is 10.1. The summed E-state index contributed by atoms with van der Waals surface area (Å²) in [5.74, 6) is 0.223. The number of aryl methyl sites for hydroxylation is 1. The number of hydrogen-bond acceptors (Lipinski definition) is 3. The van der Waals surface area contributed by atoms with E-state index in [1.165, 1.54) is 12.0 Å². The Kier molecular flexibility index (Phi) is 5.41. The van der Waals surface area contributed by atoms with Crippen LogP contribution in [0.5, 0.6) is 0 Å². The number of likely N-dealkylation sites (tertiary alicyclic amines) is 1. The van der Waals surface area contributed by atoms with Crippen LogP contribution < -0.4 is 11.1 Å². The molecule has 1 aliphatic heterocycles. The van der Waals surface area contributed by atoms with Gasteiger partial charge < -0.3 is 16.0 Å². The summed E-state index contributed by atoms with van der Waals surface area (Å²) in [7, 11) is 0. The van der Waals surface area contributed by atoms with Gasteiger partial charge in [-0.05, 0) is 43.9 Å². The van der Waals surface area contributed by atoms with Gasteiger partial charge in [-0.1, -0.05) is 12.1 Å². The first-order valence-corrected chi connectivity index (χ1v) is 7.50. The van der Waals surface area contributed by atoms with Gasteiger partial charge in [0, 0.05) is 37.8 Å². The Bertz CT molecular complexity index is 441. The average Bonchev–Trinajstić information content (AvgIpc) is 2.47. The smallest absolute Gasteiger partial charge is 0.224 e. The monoisotopic (exact) mass is 275 g/mol. The summed E-state index contributed by atoms with van der Waals surface area (Å²) in [6, 6.07) is 8.17. The molecular weight excluding hydrogens is 250 g/mol. The molecule has 1 fully saturated rings. The van der Waals surface area contributed by atoms with Crippen LogP contribution in [0.2, 0.25) is 0 Å². The number of amides is 1. The molecular formula is C16H25N3O. The number of benzene rings is 1. The van der Waals surface area contributed by atoms with E-state index in [1.807, 2.05) is 17.0 Å². The number of nitrogens with zero attached hydrogens (tertiary/aromatic N) is 1. The minimum atomic E-state index is 0.00577. The first-order valence-electron chi connectivity index (χ1n) is 7.50. The highest BCUT2D eigenvalue weighted by Crippen LogP contribution is 2.14. The Morgan fingerprint density at radius 1 is 1.35 bits per heavy atom. The molecule has 1 aromatic rings. The predicted molar refractivity (Wildman–Crippen MR) is 82.7 cm³/mol. The molecule has 1 saturated heterocycles. The number of carbonyl (C=O) groups is 1. The highest BCUT2D eigenvalue weighted by molar-refractivity contribution is 5.77. The van der Waals surface area contributed by atoms with Gasteiger partial charge in [0.1, 0.15) is 0 Å². The summed E-state index contributed by atoms with van der Waals surface area (Å²) < 4.78 is 0. The van der Waals surface area contributed by atoms with Crippen molar-refractivity contribution in [1.29, 1.82) is 0 Å². The van der Waals surface area contributed by atoms with E-state index >= 15 is 0 Å². The van der Waals surface area contributed by atoms with Crippen LogP contribution in [0.15, 0.2) is 24.3 Å². The molecule has 1 aromatic carbocycles. The SMILES string of the molecule is Cc1cccc(NC(CN)CC(=O)N2CCCCC2)c1. The van der Waals surface area contributed by atoms with Gasteiger partial charge in [0.05, 0.1) is 0 Å². The Hall–Kier alpha value is -1.55. The number of hydrogen-bond donors (Lipinski definition) is 2. The van der Waals surface area contributed by atoms with Crippen LogP contribution in [0, 0.1) is 6.92 Å². The molecule has 2 rings (SSSR count). The van der Waals surface area contributed by atoms with Crippen LogP contribution in [0.4, 0.5) is 5.69 Å². The maximum atomic E-state index is 12.3. The lowest BCUT2D eigenvalue weighted by molar-refractivity contribution is -0.132. The molecule has 1 atom stereocenters. The molecule has 4 nitrogen and oxygen atoms in total. The molecule has 3 N–H and O–H groups in total. The number of carbonyl (C=O) groups excluding carboxylic acids is 1. The van der Waals surface area contributed by atoms with E-state index in [2.05, 4.69) is 24.4 Å². The second-order valence-electron chi connectivity index (χ2n) is 5.59. The van der Waals surface area contributed by atoms with Gasteiger partial charge in [-0.25, -0.2) is 0 Å². The zero-order valence-corrected chi connectivity index (χ0v) is 12.3. The fraction of sp³-hybridized carbons (Fsp3) is 0.562. The molecule has 0 aromatic heterocycles. The fourth-order valence-corrected chi connectivity index (χ4v) is 2.65. The highest BCUT2D eigenvalue weighted by Gasteiger charge is 2.20. The Morgan fingerprint density at radius 3 is 2.75 bits per heavy atom. The molecule has 0 bridgehead atoms. The van der Waals surface area contributed by atoms with Gasteiger partial charge in [0.2, 0.25) is 5.91 Å². The van der Waals surface area contributed by atoms with Crippen molar-refractivity contribution in [3.8, 4) is 0 Å². The molecule has 1 amide bonds. The van der Waals surface area contributed by atoms with E-state index in [0.717, 1.165) is 31.6 Å². The number of nitrogens with one attached hydrogen (secondary N) is 1. The van der Waals surface area contributed by atoms with Crippen LogP contribution in [0.25, 0.3) is 0 Å². The molecule has 20 heavy (non-hydrogen) atoms. The number of piperidine rings is 1. The van der Waals surface area contributed by atoms with Crippen molar-refractivity contribution in [2.24, 2.45) is 5.73 Å². The molecule has 0 saturated carbocycles. The second kappa shape index (κ2) is 7.29. The molecule has 1 unspecified atom stereocenters. The standard InChI is InChI=1S/C16H25N3O/c1-13-6-5-7-14(10-13)18-15(12-17)11-16(20)19-8-3-2-4-9-19/h5-7,10,15,18H,2-4,8-9,11-12,17H2,1H3. The van der Waals surface area contributed by atoms with E-state index < -0.39 is 0 Å². The van der Waals surface area contributed by atoms with Gasteiger partial charge in [0.15, 0.2) is 0 Å². The lowest BCUT2D eigenvalue weighted by Crippen LogP contribution is -2.40. The minimum absolute atomic E-state index is 0.00577. The fourth-order valence-electron chi connectivity index (χ4n) is 2.65. The number of nitrogens with two attached hydrogens (primary N) is 1. The predicted octanol–water partition coefficient (Wildman–Crippen LogP) is 2.14. The third-order valence-corrected chi connectivity index (χ3v) is 3.80. The molecule has 0 spiro atoms. The first-order chi connectivity index (χ1) is 9.69. The normalized spacial score (nSPS) is 16.8. The van der Waals surface area contributed by atoms with Crippen molar-refractivity contribution in [1.82, 2.24) is 4.90 Å². The lowest BCUT2D eigenvalue weighted by Gasteiger charge is -2.28. The van der Waals surface area contributed by atoms with Crippen molar-refractivity contribution in [2.45, 2.75) is 38.6 Å². The Labute approximate surface area is 121 Å². The summed E-state index contributed by atoms with van der Waals surface area (Å²) in [6.07, 6.45) is 3.98. The molecule has 0 radical (unpaired) electrons. The molecule has 1 aliphatic rings. The number of rotatable bonds is 5. The van der Waals surface area contributed by atoms with E-state index in [1.54, 1.807) is 0 Å². The summed E-state index contributed by atoms with van der Waals surface area (Å²) in [5.41, 5.74) is 8.04. The van der Waals surface area contributed by atoms with Crippen LogP contribution in [-0.4, -0.2) is 36.5 Å². The summed E-state index contributed by atoms with van der Waals surface area (Å²) in [6.45, 7) is 4.33. The van der Waals surface area contributed by atoms with Crippen molar-refractivity contribution < 1.29 is 4.79 Å². The quantitative estimate of drug-likeness (QED) is 0.865. The van der Waals surface area contributed by atoms with Crippen LogP contribution in [-0.2, 0) is 4.79 Å². The zero-order chi connectivity index (χ0) is 14.4. The maximum Gasteiger partial charge on any atom is 0.224 e. The molecule has 4 heteroatoms. The van der Waals surface area contributed by atoms with Gasteiger partial charge in [0.25, 0.3) is 0 Å². The summed E-state index contributed by atoms with van der Waals surface area (Å²) in [5, 5.41) is 3.37. The Morgan fingerprint density at radius 2 is 2.10 bits per heavy atom. The van der Waals surface area contributed by atoms with E-state index in [9.17, 15) is 4.79 Å². The van der Waals surface area contributed by atoms with Crippen molar-refractivity contribution in [2.75, 3.05) is 25.0 Å². The van der Waals surface area contributed by atoms with E-state index in [4.69, 9.17) is 5.73 Å². The van der Waals surface area contributed by atoms with Gasteiger partial charge in [-0.2, -0.15) is 0 Å². The molecule has 1 heterocycles. The number of anilines is 1. The van der Waals surface area contributed by atoms with Gasteiger partial charge in [-0.15, -0.1) is 0 Å². The van der Waals surface area contributed by atoms with Crippen LogP contribution in [0.3, 0.4) is 0 Å².